The van der Waals surface area contributed by atoms with Gasteiger partial charge in [-0.15, -0.1) is 6.58 Å². The molecule has 0 aliphatic carbocycles. The van der Waals surface area contributed by atoms with Gasteiger partial charge in [0, 0.05) is 6.42 Å². The SMILES string of the molecule is C=CCC(F)C(F)(F)C(F)(F)C(F)(F)OS(=O)(=O)C=Cc1ccccc1. The molecular weight excluding hydrogens is 393 g/mol. The van der Waals surface area contributed by atoms with Crippen LogP contribution in [0, 0.1) is 0 Å². The zero-order chi connectivity index (χ0) is 20.2. The zero-order valence-corrected chi connectivity index (χ0v) is 13.7. The lowest BCUT2D eigenvalue weighted by Crippen LogP contribution is -2.59. The molecule has 0 spiro atoms. The average Bonchev–Trinajstić information content (AvgIpc) is 2.53. The van der Waals surface area contributed by atoms with Crippen LogP contribution in [0.15, 0.2) is 48.4 Å². The Bertz CT molecular complexity index is 746. The summed E-state index contributed by atoms with van der Waals surface area (Å²) in [5.74, 6) is -12.4. The molecular formula is C15H13F7O3S. The van der Waals surface area contributed by atoms with Gasteiger partial charge < -0.3 is 0 Å². The summed E-state index contributed by atoms with van der Waals surface area (Å²) in [7, 11) is -5.51. The molecule has 0 aromatic heterocycles. The predicted octanol–water partition coefficient (Wildman–Crippen LogP) is 4.78. The first-order valence-corrected chi connectivity index (χ1v) is 8.31. The summed E-state index contributed by atoms with van der Waals surface area (Å²) in [4.78, 5) is 0. The molecule has 0 amide bonds. The third kappa shape index (κ3) is 4.85. The van der Waals surface area contributed by atoms with Gasteiger partial charge in [0.1, 0.15) is 0 Å². The number of rotatable bonds is 9. The van der Waals surface area contributed by atoms with E-state index in [4.69, 9.17) is 0 Å². The van der Waals surface area contributed by atoms with Crippen molar-refractivity contribution < 1.29 is 43.3 Å². The molecule has 1 aromatic rings. The molecule has 0 fully saturated rings. The van der Waals surface area contributed by atoms with E-state index >= 15 is 0 Å². The minimum atomic E-state index is -6.45. The van der Waals surface area contributed by atoms with Gasteiger partial charge in [-0.3, -0.25) is 0 Å². The van der Waals surface area contributed by atoms with Crippen molar-refractivity contribution in [1.29, 1.82) is 0 Å². The third-order valence-corrected chi connectivity index (χ3v) is 3.91. The number of hydrogen-bond acceptors (Lipinski definition) is 3. The Labute approximate surface area is 144 Å². The van der Waals surface area contributed by atoms with Gasteiger partial charge in [-0.2, -0.15) is 38.9 Å². The molecule has 1 rings (SSSR count). The van der Waals surface area contributed by atoms with E-state index in [-0.39, 0.29) is 11.0 Å². The van der Waals surface area contributed by atoms with E-state index in [1.165, 1.54) is 24.3 Å². The second kappa shape index (κ2) is 7.78. The van der Waals surface area contributed by atoms with E-state index in [1.54, 1.807) is 6.07 Å². The number of allylic oxidation sites excluding steroid dienone is 1. The predicted molar refractivity (Wildman–Crippen MR) is 80.0 cm³/mol. The third-order valence-electron chi connectivity index (χ3n) is 3.00. The van der Waals surface area contributed by atoms with Gasteiger partial charge in [0.25, 0.3) is 10.1 Å². The van der Waals surface area contributed by atoms with Crippen molar-refractivity contribution in [2.45, 2.75) is 30.5 Å². The van der Waals surface area contributed by atoms with Gasteiger partial charge in [-0.1, -0.05) is 36.4 Å². The van der Waals surface area contributed by atoms with E-state index in [0.717, 1.165) is 6.08 Å². The highest BCUT2D eigenvalue weighted by atomic mass is 32.2. The van der Waals surface area contributed by atoms with Crippen LogP contribution in [0.3, 0.4) is 0 Å². The largest absolute Gasteiger partial charge is 0.439 e. The van der Waals surface area contributed by atoms with Gasteiger partial charge in [0.05, 0.1) is 5.41 Å². The monoisotopic (exact) mass is 406 g/mol. The summed E-state index contributed by atoms with van der Waals surface area (Å²) >= 11 is 0. The fourth-order valence-corrected chi connectivity index (χ4v) is 2.41. The summed E-state index contributed by atoms with van der Waals surface area (Å²) in [6, 6.07) is 7.15. The first-order valence-electron chi connectivity index (χ1n) is 6.84. The van der Waals surface area contributed by atoms with Crippen LogP contribution in [0.2, 0.25) is 0 Å². The second-order valence-corrected chi connectivity index (χ2v) is 6.42. The van der Waals surface area contributed by atoms with Gasteiger partial charge in [0.2, 0.25) is 0 Å². The van der Waals surface area contributed by atoms with Crippen LogP contribution in [-0.2, 0) is 14.3 Å². The van der Waals surface area contributed by atoms with Crippen LogP contribution >= 0.6 is 0 Å². The Kier molecular flexibility index (Phi) is 6.64. The maximum Gasteiger partial charge on any atom is 0.439 e. The number of halogens is 7. The summed E-state index contributed by atoms with van der Waals surface area (Å²) in [6.07, 6.45) is -10.1. The molecule has 3 nitrogen and oxygen atoms in total. The molecule has 0 radical (unpaired) electrons. The first kappa shape index (κ1) is 22.2. The highest BCUT2D eigenvalue weighted by molar-refractivity contribution is 7.89. The normalized spacial score (nSPS) is 15.2. The minimum Gasteiger partial charge on any atom is -0.240 e. The van der Waals surface area contributed by atoms with Crippen LogP contribution in [-0.4, -0.2) is 32.5 Å². The number of benzene rings is 1. The average molecular weight is 406 g/mol. The summed E-state index contributed by atoms with van der Waals surface area (Å²) in [5.41, 5.74) is 0.176. The standard InChI is InChI=1S/C15H13F7O3S/c1-2-6-12(16)13(17,18)14(19,20)15(21,22)25-26(23,24)10-9-11-7-4-3-5-8-11/h2-5,7-10,12H,1,6H2. The van der Waals surface area contributed by atoms with Crippen LogP contribution in [0.25, 0.3) is 6.08 Å². The number of hydrogen-bond donors (Lipinski definition) is 0. The van der Waals surface area contributed by atoms with Crippen molar-refractivity contribution in [3.63, 3.8) is 0 Å². The van der Waals surface area contributed by atoms with E-state index in [9.17, 15) is 39.2 Å². The molecule has 11 heteroatoms. The van der Waals surface area contributed by atoms with Crippen molar-refractivity contribution in [1.82, 2.24) is 0 Å². The van der Waals surface area contributed by atoms with Gasteiger partial charge in [-0.05, 0) is 11.6 Å². The van der Waals surface area contributed by atoms with Crippen LogP contribution in [0.4, 0.5) is 30.7 Å². The maximum absolute atomic E-state index is 13.5. The lowest BCUT2D eigenvalue weighted by Gasteiger charge is -2.32. The lowest BCUT2D eigenvalue weighted by molar-refractivity contribution is -0.380. The van der Waals surface area contributed by atoms with Crippen molar-refractivity contribution in [2.75, 3.05) is 0 Å². The molecule has 0 aliphatic rings. The van der Waals surface area contributed by atoms with E-state index in [0.29, 0.717) is 6.08 Å². The molecule has 0 heterocycles. The highest BCUT2D eigenvalue weighted by Crippen LogP contribution is 2.49. The smallest absolute Gasteiger partial charge is 0.240 e. The van der Waals surface area contributed by atoms with Crippen molar-refractivity contribution in [3.05, 3.63) is 54.0 Å². The highest BCUT2D eigenvalue weighted by Gasteiger charge is 2.76. The molecule has 0 bridgehead atoms. The minimum absolute atomic E-state index is 0.0128. The fraction of sp³-hybridized carbons (Fsp3) is 0.333. The lowest BCUT2D eigenvalue weighted by atomic mass is 10.0. The Hall–Kier alpha value is -1.88. The molecule has 1 atom stereocenters. The Balaban J connectivity index is 3.08. The van der Waals surface area contributed by atoms with E-state index in [2.05, 4.69) is 10.8 Å². The van der Waals surface area contributed by atoms with Crippen molar-refractivity contribution in [2.24, 2.45) is 0 Å². The van der Waals surface area contributed by atoms with Gasteiger partial charge in [0.15, 0.2) is 6.17 Å². The van der Waals surface area contributed by atoms with Crippen LogP contribution in [0.5, 0.6) is 0 Å². The zero-order valence-electron chi connectivity index (χ0n) is 12.9. The topological polar surface area (TPSA) is 43.4 Å². The first-order chi connectivity index (χ1) is 11.8. The Morgan fingerprint density at radius 2 is 1.62 bits per heavy atom. The summed E-state index contributed by atoms with van der Waals surface area (Å²) in [6.45, 7) is 2.83. The van der Waals surface area contributed by atoms with E-state index in [1.807, 2.05) is 0 Å². The molecule has 26 heavy (non-hydrogen) atoms. The quantitative estimate of drug-likeness (QED) is 0.337. The van der Waals surface area contributed by atoms with Crippen LogP contribution in [0.1, 0.15) is 12.0 Å². The second-order valence-electron chi connectivity index (χ2n) is 5.00. The maximum atomic E-state index is 13.5. The van der Waals surface area contributed by atoms with Crippen LogP contribution < -0.4 is 0 Å². The van der Waals surface area contributed by atoms with Crippen molar-refractivity contribution in [3.8, 4) is 0 Å². The van der Waals surface area contributed by atoms with Crippen molar-refractivity contribution >= 4 is 16.2 Å². The van der Waals surface area contributed by atoms with Gasteiger partial charge >= 0.3 is 18.0 Å². The fourth-order valence-electron chi connectivity index (χ4n) is 1.64. The Morgan fingerprint density at radius 3 is 2.12 bits per heavy atom. The molecule has 146 valence electrons. The summed E-state index contributed by atoms with van der Waals surface area (Å²) in [5, 5.41) is -0.0128. The Morgan fingerprint density at radius 1 is 1.08 bits per heavy atom. The van der Waals surface area contributed by atoms with Gasteiger partial charge in [-0.25, -0.2) is 4.39 Å². The van der Waals surface area contributed by atoms with E-state index < -0.39 is 40.7 Å². The molecule has 1 aromatic carbocycles. The molecule has 0 aliphatic heterocycles. The molecule has 0 saturated carbocycles. The molecule has 0 N–H and O–H groups in total. The molecule has 0 saturated heterocycles. The summed E-state index contributed by atoms with van der Waals surface area (Å²) < 4.78 is 119. The molecule has 1 unspecified atom stereocenters. The number of alkyl halides is 7.